The van der Waals surface area contributed by atoms with Gasteiger partial charge in [-0.2, -0.15) is 5.10 Å². The van der Waals surface area contributed by atoms with Gasteiger partial charge in [-0.1, -0.05) is 0 Å². The third-order valence-corrected chi connectivity index (χ3v) is 4.67. The highest BCUT2D eigenvalue weighted by atomic mass is 16.5. The van der Waals surface area contributed by atoms with Gasteiger partial charge in [-0.25, -0.2) is 14.5 Å². The van der Waals surface area contributed by atoms with Crippen LogP contribution in [0.3, 0.4) is 0 Å². The predicted octanol–water partition coefficient (Wildman–Crippen LogP) is 2.52. The molecule has 0 aromatic carbocycles. The molecule has 0 radical (unpaired) electrons. The van der Waals surface area contributed by atoms with Crippen LogP contribution in [-0.4, -0.2) is 43.9 Å². The molecule has 25 heavy (non-hydrogen) atoms. The molecule has 0 atom stereocenters. The number of anilines is 1. The summed E-state index contributed by atoms with van der Waals surface area (Å²) in [6.07, 6.45) is 8.92. The van der Waals surface area contributed by atoms with Crippen LogP contribution in [-0.2, 0) is 0 Å². The third kappa shape index (κ3) is 3.28. The zero-order chi connectivity index (χ0) is 17.2. The monoisotopic (exact) mass is 339 g/mol. The van der Waals surface area contributed by atoms with Gasteiger partial charge in [-0.3, -0.25) is 0 Å². The maximum Gasteiger partial charge on any atom is 0.212 e. The van der Waals surface area contributed by atoms with E-state index in [0.717, 1.165) is 48.3 Å². The van der Waals surface area contributed by atoms with Gasteiger partial charge in [0.25, 0.3) is 0 Å². The maximum atomic E-state index is 9.64. The molecule has 0 amide bonds. The van der Waals surface area contributed by atoms with Crippen LogP contribution in [0.1, 0.15) is 25.7 Å². The highest BCUT2D eigenvalue weighted by Crippen LogP contribution is 2.26. The van der Waals surface area contributed by atoms with Gasteiger partial charge in [0, 0.05) is 35.6 Å². The highest BCUT2D eigenvalue weighted by Gasteiger charge is 2.19. The number of aromatic nitrogens is 4. The summed E-state index contributed by atoms with van der Waals surface area (Å²) in [4.78, 5) is 8.99. The molecule has 2 N–H and O–H groups in total. The lowest BCUT2D eigenvalue weighted by Gasteiger charge is -2.26. The van der Waals surface area contributed by atoms with E-state index in [-0.39, 0.29) is 6.10 Å². The summed E-state index contributed by atoms with van der Waals surface area (Å²) in [7, 11) is 1.60. The standard InChI is InChI=1S/C18H21N5O2/c1-25-17-7-2-12(10-19-17)15-11-20-23-9-8-16(22-18(15)23)21-13-3-5-14(24)6-4-13/h2,7-11,13-14,24H,3-6H2,1H3,(H,21,22). The number of hydrogen-bond acceptors (Lipinski definition) is 6. The van der Waals surface area contributed by atoms with Crippen LogP contribution in [0.2, 0.25) is 0 Å². The summed E-state index contributed by atoms with van der Waals surface area (Å²) in [6, 6.07) is 6.06. The van der Waals surface area contributed by atoms with E-state index in [9.17, 15) is 5.11 Å². The van der Waals surface area contributed by atoms with Crippen LogP contribution in [0.15, 0.2) is 36.8 Å². The van der Waals surface area contributed by atoms with Crippen molar-refractivity contribution in [1.29, 1.82) is 0 Å². The van der Waals surface area contributed by atoms with E-state index in [2.05, 4.69) is 15.4 Å². The van der Waals surface area contributed by atoms with Crippen molar-refractivity contribution in [2.45, 2.75) is 37.8 Å². The molecule has 1 aliphatic carbocycles. The second kappa shape index (κ2) is 6.68. The molecule has 4 rings (SSSR count). The normalized spacial score (nSPS) is 20.6. The van der Waals surface area contributed by atoms with Crippen LogP contribution < -0.4 is 10.1 Å². The van der Waals surface area contributed by atoms with Crippen molar-refractivity contribution < 1.29 is 9.84 Å². The Morgan fingerprint density at radius 2 is 2.00 bits per heavy atom. The number of aliphatic hydroxyl groups excluding tert-OH is 1. The molecule has 3 aromatic heterocycles. The van der Waals surface area contributed by atoms with Gasteiger partial charge in [0.15, 0.2) is 5.65 Å². The van der Waals surface area contributed by atoms with E-state index in [1.807, 2.05) is 24.4 Å². The topological polar surface area (TPSA) is 84.6 Å². The average Bonchev–Trinajstić information content (AvgIpc) is 3.07. The number of methoxy groups -OCH3 is 1. The molecular formula is C18H21N5O2. The van der Waals surface area contributed by atoms with Crippen LogP contribution in [0.4, 0.5) is 5.82 Å². The van der Waals surface area contributed by atoms with Gasteiger partial charge >= 0.3 is 0 Å². The van der Waals surface area contributed by atoms with Gasteiger partial charge in [-0.05, 0) is 37.8 Å². The fourth-order valence-electron chi connectivity index (χ4n) is 3.24. The molecule has 0 aliphatic heterocycles. The minimum atomic E-state index is -0.155. The molecule has 1 aliphatic rings. The number of fused-ring (bicyclic) bond motifs is 1. The first kappa shape index (κ1) is 15.8. The Morgan fingerprint density at radius 3 is 2.72 bits per heavy atom. The minimum Gasteiger partial charge on any atom is -0.481 e. The predicted molar refractivity (Wildman–Crippen MR) is 94.7 cm³/mol. The van der Waals surface area contributed by atoms with Crippen molar-refractivity contribution in [3.8, 4) is 17.0 Å². The number of hydrogen-bond donors (Lipinski definition) is 2. The van der Waals surface area contributed by atoms with Gasteiger partial charge in [-0.15, -0.1) is 0 Å². The molecule has 3 aromatic rings. The first-order chi connectivity index (χ1) is 12.2. The quantitative estimate of drug-likeness (QED) is 0.760. The van der Waals surface area contributed by atoms with Gasteiger partial charge in [0.05, 0.1) is 19.4 Å². The molecule has 0 bridgehead atoms. The Bertz CT molecular complexity index is 854. The third-order valence-electron chi connectivity index (χ3n) is 4.67. The average molecular weight is 339 g/mol. The maximum absolute atomic E-state index is 9.64. The van der Waals surface area contributed by atoms with Crippen LogP contribution in [0.5, 0.6) is 5.88 Å². The lowest BCUT2D eigenvalue weighted by molar-refractivity contribution is 0.126. The molecular weight excluding hydrogens is 318 g/mol. The van der Waals surface area contributed by atoms with Crippen molar-refractivity contribution in [3.05, 3.63) is 36.8 Å². The van der Waals surface area contributed by atoms with E-state index in [0.29, 0.717) is 11.9 Å². The van der Waals surface area contributed by atoms with Crippen LogP contribution in [0, 0.1) is 0 Å². The van der Waals surface area contributed by atoms with Crippen molar-refractivity contribution in [3.63, 3.8) is 0 Å². The summed E-state index contributed by atoms with van der Waals surface area (Å²) in [5.41, 5.74) is 2.66. The largest absolute Gasteiger partial charge is 0.481 e. The van der Waals surface area contributed by atoms with Crippen LogP contribution >= 0.6 is 0 Å². The molecule has 1 fully saturated rings. The summed E-state index contributed by atoms with van der Waals surface area (Å²) >= 11 is 0. The minimum absolute atomic E-state index is 0.155. The number of nitrogens with zero attached hydrogens (tertiary/aromatic N) is 4. The van der Waals surface area contributed by atoms with E-state index >= 15 is 0 Å². The van der Waals surface area contributed by atoms with Crippen molar-refractivity contribution in [1.82, 2.24) is 19.6 Å². The van der Waals surface area contributed by atoms with Crippen molar-refractivity contribution in [2.75, 3.05) is 12.4 Å². The molecule has 7 heteroatoms. The number of rotatable bonds is 4. The Hall–Kier alpha value is -2.67. The van der Waals surface area contributed by atoms with Gasteiger partial charge in [0.2, 0.25) is 5.88 Å². The number of pyridine rings is 1. The summed E-state index contributed by atoms with van der Waals surface area (Å²) in [6.45, 7) is 0. The summed E-state index contributed by atoms with van der Waals surface area (Å²) in [5.74, 6) is 1.41. The lowest BCUT2D eigenvalue weighted by Crippen LogP contribution is -2.28. The molecule has 3 heterocycles. The fraction of sp³-hybridized carbons (Fsp3) is 0.389. The SMILES string of the molecule is COc1ccc(-c2cnn3ccc(NC4CCC(O)CC4)nc23)cn1. The second-order valence-electron chi connectivity index (χ2n) is 6.38. The first-order valence-corrected chi connectivity index (χ1v) is 8.52. The zero-order valence-corrected chi connectivity index (χ0v) is 14.1. The molecule has 0 unspecified atom stereocenters. The smallest absolute Gasteiger partial charge is 0.212 e. The lowest BCUT2D eigenvalue weighted by atomic mass is 9.93. The second-order valence-corrected chi connectivity index (χ2v) is 6.38. The zero-order valence-electron chi connectivity index (χ0n) is 14.1. The molecule has 0 spiro atoms. The van der Waals surface area contributed by atoms with Gasteiger partial charge < -0.3 is 15.2 Å². The highest BCUT2D eigenvalue weighted by molar-refractivity contribution is 5.77. The van der Waals surface area contributed by atoms with Crippen molar-refractivity contribution in [2.24, 2.45) is 0 Å². The van der Waals surface area contributed by atoms with Gasteiger partial charge in [0.1, 0.15) is 5.82 Å². The number of aliphatic hydroxyl groups is 1. The Morgan fingerprint density at radius 1 is 1.16 bits per heavy atom. The van der Waals surface area contributed by atoms with Crippen LogP contribution in [0.25, 0.3) is 16.8 Å². The molecule has 7 nitrogen and oxygen atoms in total. The molecule has 130 valence electrons. The Labute approximate surface area is 145 Å². The van der Waals surface area contributed by atoms with E-state index in [1.54, 1.807) is 24.0 Å². The summed E-state index contributed by atoms with van der Waals surface area (Å²) in [5, 5.41) is 17.5. The van der Waals surface area contributed by atoms with Crippen molar-refractivity contribution >= 4 is 11.5 Å². The Kier molecular flexibility index (Phi) is 4.23. The fourth-order valence-corrected chi connectivity index (χ4v) is 3.24. The van der Waals surface area contributed by atoms with E-state index in [1.165, 1.54) is 0 Å². The molecule has 1 saturated carbocycles. The van der Waals surface area contributed by atoms with E-state index in [4.69, 9.17) is 9.72 Å². The van der Waals surface area contributed by atoms with E-state index < -0.39 is 0 Å². The Balaban J connectivity index is 1.60. The number of ether oxygens (including phenoxy) is 1. The number of nitrogens with one attached hydrogen (secondary N) is 1. The summed E-state index contributed by atoms with van der Waals surface area (Å²) < 4.78 is 6.87. The first-order valence-electron chi connectivity index (χ1n) is 8.52. The molecule has 0 saturated heterocycles.